The molecule has 0 aliphatic carbocycles. The number of fused-ring (bicyclic) bond motifs is 3. The number of aromatic nitrogens is 1. The van der Waals surface area contributed by atoms with Gasteiger partial charge in [0.2, 0.25) is 5.91 Å². The van der Waals surface area contributed by atoms with Crippen LogP contribution in [0.5, 0.6) is 11.5 Å². The summed E-state index contributed by atoms with van der Waals surface area (Å²) in [5.74, 6) is 0.492. The van der Waals surface area contributed by atoms with Gasteiger partial charge in [-0.25, -0.2) is 0 Å². The van der Waals surface area contributed by atoms with Crippen LogP contribution in [-0.2, 0) is 14.3 Å². The second kappa shape index (κ2) is 11.7. The van der Waals surface area contributed by atoms with Crippen LogP contribution in [0.4, 0.5) is 0 Å². The van der Waals surface area contributed by atoms with Gasteiger partial charge in [-0.15, -0.1) is 0 Å². The maximum atomic E-state index is 13.5. The number of likely N-dealkylation sites (tertiary alicyclic amines) is 1. The molecule has 0 spiro atoms. The molecule has 2 unspecified atom stereocenters. The maximum Gasteiger partial charge on any atom is 0.303 e. The van der Waals surface area contributed by atoms with Crippen molar-refractivity contribution in [2.24, 2.45) is 5.92 Å². The fraction of sp³-hybridized carbons (Fsp3) is 0.400. The number of carboxylic acids is 1. The van der Waals surface area contributed by atoms with Crippen LogP contribution in [0, 0.1) is 5.92 Å². The van der Waals surface area contributed by atoms with Crippen LogP contribution in [0.3, 0.4) is 0 Å². The fourth-order valence-electron chi connectivity index (χ4n) is 5.65. The summed E-state index contributed by atoms with van der Waals surface area (Å²) in [5, 5.41) is 9.71. The van der Waals surface area contributed by atoms with Gasteiger partial charge in [0, 0.05) is 41.9 Å². The molecule has 39 heavy (non-hydrogen) atoms. The first kappa shape index (κ1) is 27.1. The quantitative estimate of drug-likeness (QED) is 0.380. The van der Waals surface area contributed by atoms with Crippen LogP contribution in [-0.4, -0.2) is 53.3 Å². The summed E-state index contributed by atoms with van der Waals surface area (Å²) in [6.07, 6.45) is 2.53. The van der Waals surface area contributed by atoms with Gasteiger partial charge in [-0.05, 0) is 62.1 Å². The normalized spacial score (nSPS) is 19.1. The van der Waals surface area contributed by atoms with E-state index in [1.807, 2.05) is 66.6 Å². The molecule has 0 bridgehead atoms. The zero-order valence-corrected chi connectivity index (χ0v) is 22.9. The molecule has 0 saturated carbocycles. The highest BCUT2D eigenvalue weighted by atomic mass is 35.5. The van der Waals surface area contributed by atoms with Gasteiger partial charge in [-0.1, -0.05) is 23.7 Å². The first-order chi connectivity index (χ1) is 18.9. The third-order valence-electron chi connectivity index (χ3n) is 7.53. The molecule has 0 radical (unpaired) electrons. The van der Waals surface area contributed by atoms with Crippen molar-refractivity contribution in [1.82, 2.24) is 9.47 Å². The Hall–Kier alpha value is -3.49. The van der Waals surface area contributed by atoms with E-state index in [9.17, 15) is 9.59 Å². The molecule has 1 N–H and O–H groups in total. The minimum Gasteiger partial charge on any atom is -0.493 e. The molecule has 8 nitrogen and oxygen atoms in total. The average Bonchev–Trinajstić information content (AvgIpc) is 3.37. The largest absolute Gasteiger partial charge is 0.493 e. The molecule has 2 aliphatic rings. The lowest BCUT2D eigenvalue weighted by Gasteiger charge is -2.33. The molecule has 206 valence electrons. The van der Waals surface area contributed by atoms with Crippen molar-refractivity contribution in [3.63, 3.8) is 0 Å². The number of benzene rings is 2. The standard InChI is InChI=1S/C30H33ClN2O6/c1-3-38-30-21(6-4-8-25(30)37-2)29-22-17-20(31)9-10-23(22)33-13-5-7-24(33)26(39-29)18-27(34)32-14-11-19(12-15-32)16-28(35)36/h4-10,13,17,19,26,29H,3,11-12,14-16,18H2,1-2H3,(H,35,36). The highest BCUT2D eigenvalue weighted by Gasteiger charge is 2.35. The van der Waals surface area contributed by atoms with Crippen LogP contribution in [0.15, 0.2) is 54.7 Å². The van der Waals surface area contributed by atoms with Crippen LogP contribution in [0.25, 0.3) is 5.69 Å². The molecule has 2 aliphatic heterocycles. The number of hydrogen-bond donors (Lipinski definition) is 1. The Bertz CT molecular complexity index is 1350. The lowest BCUT2D eigenvalue weighted by Crippen LogP contribution is -2.39. The molecule has 1 saturated heterocycles. The van der Waals surface area contributed by atoms with E-state index in [1.54, 1.807) is 7.11 Å². The number of aliphatic carboxylic acids is 1. The number of rotatable bonds is 8. The van der Waals surface area contributed by atoms with Crippen molar-refractivity contribution < 1.29 is 28.9 Å². The van der Waals surface area contributed by atoms with Gasteiger partial charge in [-0.2, -0.15) is 0 Å². The number of para-hydroxylation sites is 1. The Morgan fingerprint density at radius 1 is 1.08 bits per heavy atom. The van der Waals surface area contributed by atoms with E-state index in [4.69, 9.17) is 30.9 Å². The molecule has 2 atom stereocenters. The minimum atomic E-state index is -0.790. The number of hydrogen-bond acceptors (Lipinski definition) is 5. The molecule has 5 rings (SSSR count). The maximum absolute atomic E-state index is 13.5. The number of nitrogens with zero attached hydrogens (tertiary/aromatic N) is 2. The minimum absolute atomic E-state index is 0.0139. The van der Waals surface area contributed by atoms with E-state index < -0.39 is 18.2 Å². The second-order valence-electron chi connectivity index (χ2n) is 9.95. The fourth-order valence-corrected chi connectivity index (χ4v) is 5.83. The summed E-state index contributed by atoms with van der Waals surface area (Å²) < 4.78 is 20.6. The highest BCUT2D eigenvalue weighted by Crippen LogP contribution is 2.46. The smallest absolute Gasteiger partial charge is 0.303 e. The monoisotopic (exact) mass is 552 g/mol. The van der Waals surface area contributed by atoms with Crippen molar-refractivity contribution in [1.29, 1.82) is 0 Å². The summed E-state index contributed by atoms with van der Waals surface area (Å²) in [6.45, 7) is 3.46. The van der Waals surface area contributed by atoms with E-state index in [2.05, 4.69) is 4.57 Å². The first-order valence-corrected chi connectivity index (χ1v) is 13.7. The van der Waals surface area contributed by atoms with Crippen molar-refractivity contribution in [3.05, 3.63) is 76.6 Å². The number of halogens is 1. The van der Waals surface area contributed by atoms with Crippen molar-refractivity contribution in [3.8, 4) is 17.2 Å². The number of ether oxygens (including phenoxy) is 3. The molecule has 3 heterocycles. The van der Waals surface area contributed by atoms with Gasteiger partial charge in [0.25, 0.3) is 0 Å². The molecule has 1 fully saturated rings. The molecular weight excluding hydrogens is 520 g/mol. The van der Waals surface area contributed by atoms with E-state index in [-0.39, 0.29) is 24.7 Å². The Labute approximate surface area is 233 Å². The molecule has 2 aromatic carbocycles. The summed E-state index contributed by atoms with van der Waals surface area (Å²) in [5.41, 5.74) is 3.44. The average molecular weight is 553 g/mol. The third kappa shape index (κ3) is 5.63. The number of carboxylic acid groups (broad SMARTS) is 1. The van der Waals surface area contributed by atoms with Gasteiger partial charge < -0.3 is 28.8 Å². The zero-order chi connectivity index (χ0) is 27.5. The summed E-state index contributed by atoms with van der Waals surface area (Å²) in [7, 11) is 1.60. The predicted octanol–water partition coefficient (Wildman–Crippen LogP) is 5.80. The van der Waals surface area contributed by atoms with E-state index in [1.165, 1.54) is 0 Å². The van der Waals surface area contributed by atoms with Gasteiger partial charge >= 0.3 is 5.97 Å². The predicted molar refractivity (Wildman–Crippen MR) is 147 cm³/mol. The van der Waals surface area contributed by atoms with Gasteiger partial charge in [-0.3, -0.25) is 9.59 Å². The number of carbonyl (C=O) groups excluding carboxylic acids is 1. The summed E-state index contributed by atoms with van der Waals surface area (Å²) >= 11 is 6.49. The van der Waals surface area contributed by atoms with Crippen molar-refractivity contribution in [2.45, 2.75) is 44.8 Å². The molecular formula is C30H33ClN2O6. The van der Waals surface area contributed by atoms with E-state index >= 15 is 0 Å². The number of piperidine rings is 1. The first-order valence-electron chi connectivity index (χ1n) is 13.3. The van der Waals surface area contributed by atoms with Gasteiger partial charge in [0.05, 0.1) is 31.5 Å². The van der Waals surface area contributed by atoms with Crippen molar-refractivity contribution >= 4 is 23.5 Å². The van der Waals surface area contributed by atoms with Crippen LogP contribution < -0.4 is 9.47 Å². The Balaban J connectivity index is 1.50. The van der Waals surface area contributed by atoms with Crippen LogP contribution in [0.1, 0.15) is 61.6 Å². The SMILES string of the molecule is CCOc1c(OC)cccc1C1OC(CC(=O)N2CCC(CC(=O)O)CC2)c2cccn2-c2ccc(Cl)cc21. The number of methoxy groups -OCH3 is 1. The molecule has 1 amide bonds. The lowest BCUT2D eigenvalue weighted by atomic mass is 9.93. The van der Waals surface area contributed by atoms with Crippen LogP contribution in [0.2, 0.25) is 5.02 Å². The summed E-state index contributed by atoms with van der Waals surface area (Å²) in [4.78, 5) is 26.5. The Morgan fingerprint density at radius 3 is 2.59 bits per heavy atom. The molecule has 3 aromatic rings. The van der Waals surface area contributed by atoms with Crippen molar-refractivity contribution in [2.75, 3.05) is 26.8 Å². The number of carbonyl (C=O) groups is 2. The number of amides is 1. The molecule has 9 heteroatoms. The van der Waals surface area contributed by atoms with E-state index in [0.717, 1.165) is 22.5 Å². The third-order valence-corrected chi connectivity index (χ3v) is 7.77. The highest BCUT2D eigenvalue weighted by molar-refractivity contribution is 6.30. The molecule has 1 aromatic heterocycles. The summed E-state index contributed by atoms with van der Waals surface area (Å²) in [6, 6.07) is 15.3. The lowest BCUT2D eigenvalue weighted by molar-refractivity contribution is -0.139. The van der Waals surface area contributed by atoms with Gasteiger partial charge in [0.1, 0.15) is 12.2 Å². The second-order valence-corrected chi connectivity index (χ2v) is 10.4. The zero-order valence-electron chi connectivity index (χ0n) is 22.1. The topological polar surface area (TPSA) is 90.2 Å². The Morgan fingerprint density at radius 2 is 1.87 bits per heavy atom. The van der Waals surface area contributed by atoms with E-state index in [0.29, 0.717) is 49.1 Å². The van der Waals surface area contributed by atoms with Gasteiger partial charge in [0.15, 0.2) is 11.5 Å². The van der Waals surface area contributed by atoms with Crippen LogP contribution >= 0.6 is 11.6 Å². The Kier molecular flexibility index (Phi) is 8.14.